The lowest BCUT2D eigenvalue weighted by atomic mass is 10.6. The summed E-state index contributed by atoms with van der Waals surface area (Å²) in [6, 6.07) is 0. The van der Waals surface area contributed by atoms with Gasteiger partial charge in [-0.2, -0.15) is 0 Å². The molecule has 5 heteroatoms. The van der Waals surface area contributed by atoms with Crippen LogP contribution in [0.1, 0.15) is 0 Å². The molecule has 1 saturated heterocycles. The maximum Gasteiger partial charge on any atom is 0.260 e. The van der Waals surface area contributed by atoms with E-state index < -0.39 is 15.0 Å². The Hall–Kier alpha value is -0.420. The summed E-state index contributed by atoms with van der Waals surface area (Å²) in [7, 11) is -3.36. The Morgan fingerprint density at radius 3 is 2.44 bits per heavy atom. The van der Waals surface area contributed by atoms with E-state index in [9.17, 15) is 13.2 Å². The second-order valence-corrected chi connectivity index (χ2v) is 3.96. The van der Waals surface area contributed by atoms with Gasteiger partial charge >= 0.3 is 0 Å². The Morgan fingerprint density at radius 2 is 2.11 bits per heavy atom. The molecule has 52 valence electrons. The van der Waals surface area contributed by atoms with Gasteiger partial charge in [0.1, 0.15) is 0 Å². The first-order valence-electron chi connectivity index (χ1n) is 2.59. The molecule has 0 radical (unpaired) electrons. The lowest BCUT2D eigenvalue weighted by Crippen LogP contribution is -2.40. The normalized spacial score (nSPS) is 26.0. The van der Waals surface area contributed by atoms with Crippen molar-refractivity contribution in [2.45, 2.75) is 0 Å². The predicted molar refractivity (Wildman–Crippen MR) is 31.7 cm³/mol. The average Bonchev–Trinajstić information content (AvgIpc) is 1.77. The number of rotatable bonds is 0. The average molecular weight is 149 g/mol. The second-order valence-electron chi connectivity index (χ2n) is 1.87. The molecule has 0 saturated carbocycles. The third-order valence-electron chi connectivity index (χ3n) is 1.16. The standard InChI is InChI=1S/C4H7NO3S/c6-4-3-5-1-2-9(4,7)8/h5H,1-3H2. The number of nitrogens with one attached hydrogen (secondary N) is 1. The summed E-state index contributed by atoms with van der Waals surface area (Å²) in [5.74, 6) is -0.0498. The largest absolute Gasteiger partial charge is 0.308 e. The van der Waals surface area contributed by atoms with Crippen LogP contribution >= 0.6 is 0 Å². The van der Waals surface area contributed by atoms with Gasteiger partial charge in [-0.1, -0.05) is 0 Å². The minimum absolute atomic E-state index is 0.0255. The van der Waals surface area contributed by atoms with Crippen LogP contribution in [-0.4, -0.2) is 32.4 Å². The lowest BCUT2D eigenvalue weighted by molar-refractivity contribution is -0.111. The van der Waals surface area contributed by atoms with E-state index in [0.717, 1.165) is 0 Å². The van der Waals surface area contributed by atoms with Gasteiger partial charge in [-0.25, -0.2) is 8.42 Å². The van der Waals surface area contributed by atoms with Crippen LogP contribution in [0.4, 0.5) is 0 Å². The highest BCUT2D eigenvalue weighted by molar-refractivity contribution is 8.06. The third-order valence-corrected chi connectivity index (χ3v) is 2.74. The van der Waals surface area contributed by atoms with Crippen LogP contribution < -0.4 is 5.32 Å². The highest BCUT2D eigenvalue weighted by Gasteiger charge is 2.24. The molecule has 0 amide bonds. The lowest BCUT2D eigenvalue weighted by Gasteiger charge is -2.09. The van der Waals surface area contributed by atoms with Crippen molar-refractivity contribution in [3.63, 3.8) is 0 Å². The van der Waals surface area contributed by atoms with E-state index >= 15 is 0 Å². The first-order chi connectivity index (χ1) is 4.13. The molecule has 0 aliphatic carbocycles. The molecular formula is C4H7NO3S. The Balaban J connectivity index is 2.85. The highest BCUT2D eigenvalue weighted by Crippen LogP contribution is 1.94. The molecule has 0 aromatic rings. The van der Waals surface area contributed by atoms with Crippen molar-refractivity contribution in [3.8, 4) is 0 Å². The van der Waals surface area contributed by atoms with Crippen molar-refractivity contribution < 1.29 is 13.2 Å². The summed E-state index contributed by atoms with van der Waals surface area (Å²) in [6.45, 7) is 0.371. The van der Waals surface area contributed by atoms with Gasteiger partial charge in [-0.15, -0.1) is 0 Å². The van der Waals surface area contributed by atoms with Gasteiger partial charge in [0.15, 0.2) is 0 Å². The summed E-state index contributed by atoms with van der Waals surface area (Å²) in [4.78, 5) is 10.5. The minimum atomic E-state index is -3.36. The number of carbonyl (C=O) groups excluding carboxylic acids is 1. The van der Waals surface area contributed by atoms with Gasteiger partial charge in [0.05, 0.1) is 12.3 Å². The minimum Gasteiger partial charge on any atom is -0.308 e. The third kappa shape index (κ3) is 1.28. The zero-order valence-electron chi connectivity index (χ0n) is 4.75. The van der Waals surface area contributed by atoms with Gasteiger partial charge in [-0.05, 0) is 0 Å². The van der Waals surface area contributed by atoms with Crippen molar-refractivity contribution in [3.05, 3.63) is 0 Å². The first-order valence-corrected chi connectivity index (χ1v) is 4.24. The maximum absolute atomic E-state index is 10.6. The fraction of sp³-hybridized carbons (Fsp3) is 0.750. The SMILES string of the molecule is O=C1CNCCS1(=O)=O. The number of hydrogen-bond acceptors (Lipinski definition) is 4. The molecule has 4 nitrogen and oxygen atoms in total. The maximum atomic E-state index is 10.6. The van der Waals surface area contributed by atoms with E-state index in [1.54, 1.807) is 0 Å². The molecule has 9 heavy (non-hydrogen) atoms. The highest BCUT2D eigenvalue weighted by atomic mass is 32.2. The quantitative estimate of drug-likeness (QED) is 0.457. The van der Waals surface area contributed by atoms with Crippen molar-refractivity contribution in [1.82, 2.24) is 5.32 Å². The summed E-state index contributed by atoms with van der Waals surface area (Å²) in [5, 5.41) is 1.98. The summed E-state index contributed by atoms with van der Waals surface area (Å²) < 4.78 is 21.2. The Kier molecular flexibility index (Phi) is 1.54. The zero-order valence-corrected chi connectivity index (χ0v) is 5.57. The van der Waals surface area contributed by atoms with Crippen LogP contribution in [0.25, 0.3) is 0 Å². The van der Waals surface area contributed by atoms with Crippen LogP contribution in [-0.2, 0) is 14.6 Å². The second kappa shape index (κ2) is 2.07. The number of hydrogen-bond donors (Lipinski definition) is 1. The van der Waals surface area contributed by atoms with Gasteiger partial charge in [0.25, 0.3) is 5.12 Å². The van der Waals surface area contributed by atoms with Gasteiger partial charge in [-0.3, -0.25) is 4.79 Å². The van der Waals surface area contributed by atoms with Gasteiger partial charge in [0.2, 0.25) is 9.84 Å². The molecule has 0 aromatic carbocycles. The Bertz CT molecular complexity index is 218. The van der Waals surface area contributed by atoms with E-state index in [2.05, 4.69) is 5.32 Å². The molecule has 1 aliphatic rings. The molecule has 1 rings (SSSR count). The van der Waals surface area contributed by atoms with Crippen molar-refractivity contribution in [2.75, 3.05) is 18.8 Å². The van der Waals surface area contributed by atoms with Crippen molar-refractivity contribution in [1.29, 1.82) is 0 Å². The van der Waals surface area contributed by atoms with E-state index in [-0.39, 0.29) is 12.3 Å². The van der Waals surface area contributed by atoms with Crippen molar-refractivity contribution in [2.24, 2.45) is 0 Å². The molecule has 0 unspecified atom stereocenters. The molecule has 1 heterocycles. The molecule has 0 aromatic heterocycles. The first kappa shape index (κ1) is 6.70. The molecular weight excluding hydrogens is 142 g/mol. The van der Waals surface area contributed by atoms with Crippen molar-refractivity contribution >= 4 is 15.0 Å². The molecule has 0 spiro atoms. The summed E-state index contributed by atoms with van der Waals surface area (Å²) in [6.07, 6.45) is 0. The van der Waals surface area contributed by atoms with Gasteiger partial charge in [0, 0.05) is 6.54 Å². The molecule has 0 bridgehead atoms. The van der Waals surface area contributed by atoms with E-state index in [4.69, 9.17) is 0 Å². The molecule has 1 aliphatic heterocycles. The van der Waals surface area contributed by atoms with Crippen LogP contribution in [0, 0.1) is 0 Å². The van der Waals surface area contributed by atoms with Gasteiger partial charge < -0.3 is 5.32 Å². The molecule has 1 N–H and O–H groups in total. The smallest absolute Gasteiger partial charge is 0.260 e. The predicted octanol–water partition coefficient (Wildman–Crippen LogP) is -1.47. The van der Waals surface area contributed by atoms with Crippen LogP contribution in [0.15, 0.2) is 0 Å². The summed E-state index contributed by atoms with van der Waals surface area (Å²) in [5.41, 5.74) is 0. The fourth-order valence-electron chi connectivity index (χ4n) is 0.621. The summed E-state index contributed by atoms with van der Waals surface area (Å²) >= 11 is 0. The molecule has 0 atom stereocenters. The zero-order chi connectivity index (χ0) is 6.91. The van der Waals surface area contributed by atoms with Crippen LogP contribution in [0.2, 0.25) is 0 Å². The number of carbonyl (C=O) groups is 1. The Labute approximate surface area is 53.2 Å². The van der Waals surface area contributed by atoms with E-state index in [0.29, 0.717) is 6.54 Å². The Morgan fingerprint density at radius 1 is 1.44 bits per heavy atom. The molecule has 1 fully saturated rings. The number of sulfone groups is 1. The monoisotopic (exact) mass is 149 g/mol. The van der Waals surface area contributed by atoms with E-state index in [1.807, 2.05) is 0 Å². The van der Waals surface area contributed by atoms with Crippen LogP contribution in [0.5, 0.6) is 0 Å². The topological polar surface area (TPSA) is 63.2 Å². The van der Waals surface area contributed by atoms with E-state index in [1.165, 1.54) is 0 Å². The van der Waals surface area contributed by atoms with Crippen LogP contribution in [0.3, 0.4) is 0 Å². The fourth-order valence-corrected chi connectivity index (χ4v) is 1.58.